The Kier molecular flexibility index (Phi) is 7.72. The fourth-order valence-electron chi connectivity index (χ4n) is 3.34. The number of aromatic nitrogens is 3. The lowest BCUT2D eigenvalue weighted by Crippen LogP contribution is -2.16. The van der Waals surface area contributed by atoms with Gasteiger partial charge in [0.15, 0.2) is 11.0 Å². The number of carbonyl (C=O) groups is 2. The van der Waals surface area contributed by atoms with Crippen LogP contribution >= 0.6 is 46.0 Å². The first-order chi connectivity index (χ1) is 16.4. The van der Waals surface area contributed by atoms with Crippen LogP contribution in [0.5, 0.6) is 0 Å². The second-order valence-corrected chi connectivity index (χ2v) is 10.6. The molecule has 4 aromatic rings. The summed E-state index contributed by atoms with van der Waals surface area (Å²) in [5, 5.41) is 17.0. The lowest BCUT2D eigenvalue weighted by atomic mass is 10.0. The van der Waals surface area contributed by atoms with Crippen LogP contribution in [0.25, 0.3) is 22.5 Å². The first-order valence-electron chi connectivity index (χ1n) is 10.3. The van der Waals surface area contributed by atoms with Crippen molar-refractivity contribution >= 4 is 62.9 Å². The maximum absolute atomic E-state index is 12.8. The van der Waals surface area contributed by atoms with Gasteiger partial charge in [0.1, 0.15) is 10.6 Å². The maximum Gasteiger partial charge on any atom is 0.341 e. The Morgan fingerprint density at radius 3 is 2.56 bits per heavy atom. The Balaban J connectivity index is 1.50. The molecule has 0 radical (unpaired) electrons. The molecule has 1 aromatic carbocycles. The van der Waals surface area contributed by atoms with E-state index in [2.05, 4.69) is 27.0 Å². The number of hydrogen-bond donors (Lipinski definition) is 1. The summed E-state index contributed by atoms with van der Waals surface area (Å²) in [6.45, 7) is 4.75. The fourth-order valence-corrected chi connectivity index (χ4v) is 5.93. The van der Waals surface area contributed by atoms with Crippen LogP contribution in [0.15, 0.2) is 46.2 Å². The van der Waals surface area contributed by atoms with Gasteiger partial charge < -0.3 is 14.6 Å². The average molecular weight is 533 g/mol. The zero-order chi connectivity index (χ0) is 24.2. The number of aryl methyl sites for hydroxylation is 1. The highest BCUT2D eigenvalue weighted by Gasteiger charge is 2.23. The van der Waals surface area contributed by atoms with Gasteiger partial charge in [-0.1, -0.05) is 35.5 Å². The number of nitrogens with zero attached hydrogens (tertiary/aromatic N) is 3. The number of nitrogens with one attached hydrogen (secondary N) is 1. The molecule has 3 heterocycles. The van der Waals surface area contributed by atoms with E-state index in [-0.39, 0.29) is 11.7 Å². The van der Waals surface area contributed by atoms with Crippen molar-refractivity contribution in [3.63, 3.8) is 0 Å². The molecule has 4 rings (SSSR count). The van der Waals surface area contributed by atoms with Crippen LogP contribution in [0.1, 0.15) is 22.2 Å². The number of rotatable bonds is 8. The molecule has 0 aliphatic carbocycles. The van der Waals surface area contributed by atoms with Gasteiger partial charge in [0.2, 0.25) is 5.91 Å². The number of anilines is 1. The van der Waals surface area contributed by atoms with Crippen LogP contribution in [0.4, 0.5) is 5.00 Å². The molecular weight excluding hydrogens is 512 g/mol. The van der Waals surface area contributed by atoms with Crippen LogP contribution in [-0.4, -0.2) is 39.5 Å². The summed E-state index contributed by atoms with van der Waals surface area (Å²) in [7, 11) is 1.32. The third-order valence-electron chi connectivity index (χ3n) is 4.94. The summed E-state index contributed by atoms with van der Waals surface area (Å²) < 4.78 is 6.96. The van der Waals surface area contributed by atoms with Crippen LogP contribution in [0, 0.1) is 6.92 Å². The minimum absolute atomic E-state index is 0.121. The molecule has 0 unspecified atom stereocenters. The summed E-state index contributed by atoms with van der Waals surface area (Å²) in [5.74, 6) is 0.137. The van der Waals surface area contributed by atoms with E-state index in [1.165, 1.54) is 35.1 Å². The van der Waals surface area contributed by atoms with Gasteiger partial charge in [0, 0.05) is 38.3 Å². The number of thioether (sulfide) groups is 1. The van der Waals surface area contributed by atoms with E-state index >= 15 is 0 Å². The molecule has 0 bridgehead atoms. The topological polar surface area (TPSA) is 86.1 Å². The van der Waals surface area contributed by atoms with Gasteiger partial charge >= 0.3 is 5.97 Å². The molecule has 0 atom stereocenters. The Labute approximate surface area is 214 Å². The van der Waals surface area contributed by atoms with Gasteiger partial charge in [0.05, 0.1) is 12.9 Å². The predicted octanol–water partition coefficient (Wildman–Crippen LogP) is 6.23. The van der Waals surface area contributed by atoms with Crippen molar-refractivity contribution in [1.29, 1.82) is 0 Å². The Morgan fingerprint density at radius 1 is 1.15 bits per heavy atom. The van der Waals surface area contributed by atoms with Crippen LogP contribution < -0.4 is 5.32 Å². The van der Waals surface area contributed by atoms with Crippen molar-refractivity contribution in [2.45, 2.75) is 25.5 Å². The maximum atomic E-state index is 12.8. The molecule has 34 heavy (non-hydrogen) atoms. The number of esters is 1. The van der Waals surface area contributed by atoms with Gasteiger partial charge in [-0.05, 0) is 37.6 Å². The quantitative estimate of drug-likeness (QED) is 0.214. The summed E-state index contributed by atoms with van der Waals surface area (Å²) in [6.07, 6.45) is 0. The van der Waals surface area contributed by atoms with E-state index in [0.717, 1.165) is 17.0 Å². The van der Waals surface area contributed by atoms with E-state index < -0.39 is 5.97 Å². The molecule has 1 N–H and O–H groups in total. The van der Waals surface area contributed by atoms with Crippen molar-refractivity contribution in [2.24, 2.45) is 0 Å². The van der Waals surface area contributed by atoms with E-state index in [1.807, 2.05) is 35.9 Å². The number of thiophene rings is 2. The normalized spacial score (nSPS) is 10.9. The Morgan fingerprint density at radius 2 is 1.91 bits per heavy atom. The predicted molar refractivity (Wildman–Crippen MR) is 139 cm³/mol. The number of ether oxygens (including phenoxy) is 1. The minimum Gasteiger partial charge on any atom is -0.465 e. The first kappa shape index (κ1) is 24.5. The smallest absolute Gasteiger partial charge is 0.341 e. The van der Waals surface area contributed by atoms with Gasteiger partial charge in [-0.3, -0.25) is 4.79 Å². The number of amides is 1. The molecule has 11 heteroatoms. The van der Waals surface area contributed by atoms with E-state index in [1.54, 1.807) is 23.5 Å². The van der Waals surface area contributed by atoms with E-state index in [0.29, 0.717) is 32.9 Å². The second-order valence-electron chi connectivity index (χ2n) is 7.19. The van der Waals surface area contributed by atoms with Crippen LogP contribution in [0.3, 0.4) is 0 Å². The molecule has 7 nitrogen and oxygen atoms in total. The number of carbonyl (C=O) groups excluding carboxylic acids is 2. The number of benzene rings is 1. The van der Waals surface area contributed by atoms with Crippen molar-refractivity contribution in [2.75, 3.05) is 18.2 Å². The second kappa shape index (κ2) is 10.7. The summed E-state index contributed by atoms with van der Waals surface area (Å²) in [6, 6.07) is 9.22. The zero-order valence-corrected chi connectivity index (χ0v) is 21.8. The number of methoxy groups -OCH3 is 1. The minimum atomic E-state index is -0.518. The molecule has 0 saturated heterocycles. The SMILES string of the molecule is CCn1c(SCC(=O)Nc2scc(-c3ccc(Cl)cc3)c2C(=O)OC)nnc1-c1csc(C)c1. The summed E-state index contributed by atoms with van der Waals surface area (Å²) in [5.41, 5.74) is 2.82. The molecule has 0 spiro atoms. The van der Waals surface area contributed by atoms with Gasteiger partial charge in [-0.2, -0.15) is 0 Å². The van der Waals surface area contributed by atoms with Gasteiger partial charge in [0.25, 0.3) is 0 Å². The standard InChI is InChI=1S/C23H21ClN4O3S3/c1-4-28-20(15-9-13(2)32-10-15)26-27-23(28)34-12-18(29)25-21-19(22(30)31-3)17(11-33-21)14-5-7-16(24)8-6-14/h5-11H,4,12H2,1-3H3,(H,25,29). The molecule has 0 aliphatic heterocycles. The van der Waals surface area contributed by atoms with Crippen LogP contribution in [-0.2, 0) is 16.1 Å². The highest BCUT2D eigenvalue weighted by Crippen LogP contribution is 2.37. The third-order valence-corrected chi connectivity index (χ3v) is 7.92. The molecule has 3 aromatic heterocycles. The highest BCUT2D eigenvalue weighted by atomic mass is 35.5. The van der Waals surface area contributed by atoms with Gasteiger partial charge in [-0.25, -0.2) is 4.79 Å². The molecule has 176 valence electrons. The lowest BCUT2D eigenvalue weighted by molar-refractivity contribution is -0.113. The van der Waals surface area contributed by atoms with E-state index in [9.17, 15) is 9.59 Å². The van der Waals surface area contributed by atoms with Gasteiger partial charge in [-0.15, -0.1) is 32.9 Å². The zero-order valence-electron chi connectivity index (χ0n) is 18.6. The lowest BCUT2D eigenvalue weighted by Gasteiger charge is -2.09. The number of hydrogen-bond acceptors (Lipinski definition) is 8. The Hall–Kier alpha value is -2.66. The van der Waals surface area contributed by atoms with Crippen molar-refractivity contribution in [1.82, 2.24) is 14.8 Å². The monoisotopic (exact) mass is 532 g/mol. The average Bonchev–Trinajstić information content (AvgIpc) is 3.55. The Bertz CT molecular complexity index is 1330. The highest BCUT2D eigenvalue weighted by molar-refractivity contribution is 7.99. The molecule has 0 fully saturated rings. The molecule has 0 aliphatic rings. The van der Waals surface area contributed by atoms with Crippen molar-refractivity contribution in [3.05, 3.63) is 56.6 Å². The third kappa shape index (κ3) is 5.20. The fraction of sp³-hybridized carbons (Fsp3) is 0.217. The van der Waals surface area contributed by atoms with Crippen molar-refractivity contribution < 1.29 is 14.3 Å². The first-order valence-corrected chi connectivity index (χ1v) is 13.4. The molecular formula is C23H21ClN4O3S3. The largest absolute Gasteiger partial charge is 0.465 e. The molecule has 0 saturated carbocycles. The van der Waals surface area contributed by atoms with Crippen molar-refractivity contribution in [3.8, 4) is 22.5 Å². The van der Waals surface area contributed by atoms with E-state index in [4.69, 9.17) is 16.3 Å². The molecule has 1 amide bonds. The van der Waals surface area contributed by atoms with Crippen LogP contribution in [0.2, 0.25) is 5.02 Å². The summed E-state index contributed by atoms with van der Waals surface area (Å²) >= 11 is 10.2. The number of halogens is 1. The summed E-state index contributed by atoms with van der Waals surface area (Å²) in [4.78, 5) is 26.5.